The van der Waals surface area contributed by atoms with Crippen LogP contribution < -0.4 is 4.74 Å². The van der Waals surface area contributed by atoms with E-state index >= 15 is 0 Å². The van der Waals surface area contributed by atoms with Crippen molar-refractivity contribution >= 4 is 11.8 Å². The third kappa shape index (κ3) is 4.82. The van der Waals surface area contributed by atoms with Crippen LogP contribution in [0, 0.1) is 13.8 Å². The first-order valence-corrected chi connectivity index (χ1v) is 11.0. The Labute approximate surface area is 176 Å². The number of nitrogens with zero attached hydrogens (tertiary/aromatic N) is 3. The van der Waals surface area contributed by atoms with Crippen molar-refractivity contribution in [2.75, 3.05) is 13.7 Å². The van der Waals surface area contributed by atoms with E-state index in [0.29, 0.717) is 0 Å². The highest BCUT2D eigenvalue weighted by Crippen LogP contribution is 2.29. The van der Waals surface area contributed by atoms with Crippen molar-refractivity contribution in [1.82, 2.24) is 14.8 Å². The average molecular weight is 410 g/mol. The molecule has 0 spiro atoms. The van der Waals surface area contributed by atoms with Crippen molar-refractivity contribution in [1.29, 1.82) is 0 Å². The van der Waals surface area contributed by atoms with Crippen molar-refractivity contribution in [3.63, 3.8) is 0 Å². The van der Waals surface area contributed by atoms with Gasteiger partial charge in [0.05, 0.1) is 19.8 Å². The zero-order valence-corrected chi connectivity index (χ0v) is 18.0. The number of benzene rings is 2. The van der Waals surface area contributed by atoms with Crippen molar-refractivity contribution < 1.29 is 9.47 Å². The lowest BCUT2D eigenvalue weighted by molar-refractivity contribution is 0.0953. The standard InChI is InChI=1S/C23H27N3O2S/c1-16-11-17(2)13-18(12-16)15-29-23-25-24-22(19-6-8-20(27-3)9-7-19)26(23)14-21-5-4-10-28-21/h6-9,11-13,21H,4-5,10,14-15H2,1-3H3. The summed E-state index contributed by atoms with van der Waals surface area (Å²) >= 11 is 1.73. The van der Waals surface area contributed by atoms with Gasteiger partial charge in [-0.05, 0) is 56.5 Å². The molecule has 1 unspecified atom stereocenters. The maximum absolute atomic E-state index is 5.90. The van der Waals surface area contributed by atoms with Crippen molar-refractivity contribution in [3.05, 3.63) is 59.2 Å². The molecule has 0 radical (unpaired) electrons. The molecule has 1 saturated heterocycles. The zero-order chi connectivity index (χ0) is 20.2. The molecule has 1 aliphatic heterocycles. The van der Waals surface area contributed by atoms with E-state index < -0.39 is 0 Å². The van der Waals surface area contributed by atoms with Crippen LogP contribution in [0.2, 0.25) is 0 Å². The van der Waals surface area contributed by atoms with Gasteiger partial charge in [0, 0.05) is 17.9 Å². The SMILES string of the molecule is COc1ccc(-c2nnc(SCc3cc(C)cc(C)c3)n2CC2CCCO2)cc1. The van der Waals surface area contributed by atoms with Gasteiger partial charge in [-0.25, -0.2) is 0 Å². The second kappa shape index (κ2) is 9.01. The van der Waals surface area contributed by atoms with Crippen molar-refractivity contribution in [2.24, 2.45) is 0 Å². The Morgan fingerprint density at radius 1 is 1.10 bits per heavy atom. The van der Waals surface area contributed by atoms with Gasteiger partial charge in [-0.2, -0.15) is 0 Å². The molecule has 4 rings (SSSR count). The lowest BCUT2D eigenvalue weighted by atomic mass is 10.1. The molecule has 1 fully saturated rings. The predicted molar refractivity (Wildman–Crippen MR) is 116 cm³/mol. The van der Waals surface area contributed by atoms with Gasteiger partial charge in [0.2, 0.25) is 0 Å². The van der Waals surface area contributed by atoms with Gasteiger partial charge in [-0.1, -0.05) is 41.1 Å². The molecule has 1 aliphatic rings. The number of methoxy groups -OCH3 is 1. The quantitative estimate of drug-likeness (QED) is 0.512. The van der Waals surface area contributed by atoms with E-state index in [2.05, 4.69) is 46.8 Å². The second-order valence-corrected chi connectivity index (χ2v) is 8.51. The van der Waals surface area contributed by atoms with Crippen LogP contribution in [0.1, 0.15) is 29.5 Å². The summed E-state index contributed by atoms with van der Waals surface area (Å²) in [6, 6.07) is 14.7. The molecule has 0 aliphatic carbocycles. The Morgan fingerprint density at radius 2 is 1.86 bits per heavy atom. The fourth-order valence-electron chi connectivity index (χ4n) is 3.81. The third-order valence-electron chi connectivity index (χ3n) is 5.12. The summed E-state index contributed by atoms with van der Waals surface area (Å²) in [5.41, 5.74) is 4.93. The average Bonchev–Trinajstić information content (AvgIpc) is 3.36. The Kier molecular flexibility index (Phi) is 6.21. The van der Waals surface area contributed by atoms with E-state index in [1.54, 1.807) is 18.9 Å². The van der Waals surface area contributed by atoms with Gasteiger partial charge < -0.3 is 9.47 Å². The number of ether oxygens (including phenoxy) is 2. The molecule has 6 heteroatoms. The topological polar surface area (TPSA) is 49.2 Å². The van der Waals surface area contributed by atoms with Crippen molar-refractivity contribution in [3.8, 4) is 17.1 Å². The fourth-order valence-corrected chi connectivity index (χ4v) is 4.68. The number of thioether (sulfide) groups is 1. The third-order valence-corrected chi connectivity index (χ3v) is 6.16. The second-order valence-electron chi connectivity index (χ2n) is 7.56. The molecule has 0 saturated carbocycles. The summed E-state index contributed by atoms with van der Waals surface area (Å²) < 4.78 is 13.4. The van der Waals surface area contributed by atoms with Crippen LogP contribution in [0.15, 0.2) is 47.6 Å². The van der Waals surface area contributed by atoms with Gasteiger partial charge in [0.25, 0.3) is 0 Å². The summed E-state index contributed by atoms with van der Waals surface area (Å²) in [6.45, 7) is 5.91. The van der Waals surface area contributed by atoms with Gasteiger partial charge in [-0.15, -0.1) is 10.2 Å². The van der Waals surface area contributed by atoms with Crippen LogP contribution in [0.4, 0.5) is 0 Å². The fraction of sp³-hybridized carbons (Fsp3) is 0.391. The predicted octanol–water partition coefficient (Wildman–Crippen LogP) is 5.04. The first kappa shape index (κ1) is 20.0. The number of hydrogen-bond acceptors (Lipinski definition) is 5. The summed E-state index contributed by atoms with van der Waals surface area (Å²) in [5.74, 6) is 2.59. The number of rotatable bonds is 7. The molecule has 5 nitrogen and oxygen atoms in total. The minimum absolute atomic E-state index is 0.226. The van der Waals surface area contributed by atoms with Gasteiger partial charge in [-0.3, -0.25) is 4.57 Å². The summed E-state index contributed by atoms with van der Waals surface area (Å²) in [7, 11) is 1.68. The van der Waals surface area contributed by atoms with E-state index in [1.165, 1.54) is 16.7 Å². The number of aryl methyl sites for hydroxylation is 2. The van der Waals surface area contributed by atoms with E-state index in [1.807, 2.05) is 24.3 Å². The molecule has 2 heterocycles. The Hall–Kier alpha value is -2.31. The van der Waals surface area contributed by atoms with Crippen LogP contribution in [0.25, 0.3) is 11.4 Å². The number of hydrogen-bond donors (Lipinski definition) is 0. The minimum Gasteiger partial charge on any atom is -0.497 e. The molecule has 29 heavy (non-hydrogen) atoms. The van der Waals surface area contributed by atoms with Gasteiger partial charge in [0.1, 0.15) is 5.75 Å². The van der Waals surface area contributed by atoms with Crippen LogP contribution in [0.5, 0.6) is 5.75 Å². The summed E-state index contributed by atoms with van der Waals surface area (Å²) in [4.78, 5) is 0. The zero-order valence-electron chi connectivity index (χ0n) is 17.2. The minimum atomic E-state index is 0.226. The van der Waals surface area contributed by atoms with Gasteiger partial charge in [0.15, 0.2) is 11.0 Å². The first-order chi connectivity index (χ1) is 14.1. The first-order valence-electron chi connectivity index (χ1n) is 10.0. The largest absolute Gasteiger partial charge is 0.497 e. The molecule has 0 amide bonds. The number of aromatic nitrogens is 3. The van der Waals surface area contributed by atoms with Crippen LogP contribution in [0.3, 0.4) is 0 Å². The monoisotopic (exact) mass is 409 g/mol. The molecule has 1 atom stereocenters. The molecule has 0 bridgehead atoms. The maximum Gasteiger partial charge on any atom is 0.191 e. The van der Waals surface area contributed by atoms with Crippen LogP contribution in [-0.4, -0.2) is 34.6 Å². The van der Waals surface area contributed by atoms with E-state index in [0.717, 1.165) is 54.0 Å². The molecule has 1 aromatic heterocycles. The Morgan fingerprint density at radius 3 is 2.52 bits per heavy atom. The highest BCUT2D eigenvalue weighted by Gasteiger charge is 2.22. The molecular formula is C23H27N3O2S. The highest BCUT2D eigenvalue weighted by atomic mass is 32.2. The lowest BCUT2D eigenvalue weighted by Crippen LogP contribution is -2.16. The molecular weight excluding hydrogens is 382 g/mol. The van der Waals surface area contributed by atoms with E-state index in [9.17, 15) is 0 Å². The summed E-state index contributed by atoms with van der Waals surface area (Å²) in [6.07, 6.45) is 2.43. The van der Waals surface area contributed by atoms with E-state index in [4.69, 9.17) is 9.47 Å². The lowest BCUT2D eigenvalue weighted by Gasteiger charge is -2.15. The summed E-state index contributed by atoms with van der Waals surface area (Å²) in [5, 5.41) is 9.99. The van der Waals surface area contributed by atoms with Crippen LogP contribution >= 0.6 is 11.8 Å². The smallest absolute Gasteiger partial charge is 0.191 e. The molecule has 152 valence electrons. The molecule has 3 aromatic rings. The van der Waals surface area contributed by atoms with Gasteiger partial charge >= 0.3 is 0 Å². The molecule has 2 aromatic carbocycles. The van der Waals surface area contributed by atoms with Crippen molar-refractivity contribution in [2.45, 2.75) is 50.2 Å². The highest BCUT2D eigenvalue weighted by molar-refractivity contribution is 7.98. The molecule has 0 N–H and O–H groups in total. The normalized spacial score (nSPS) is 16.3. The van der Waals surface area contributed by atoms with E-state index in [-0.39, 0.29) is 6.10 Å². The maximum atomic E-state index is 5.90. The van der Waals surface area contributed by atoms with Crippen LogP contribution in [-0.2, 0) is 17.0 Å². The Bertz CT molecular complexity index is 943. The Balaban J connectivity index is 1.60.